The molecule has 1 saturated heterocycles. The second-order valence-electron chi connectivity index (χ2n) is 9.64. The van der Waals surface area contributed by atoms with Crippen molar-refractivity contribution in [1.82, 2.24) is 10.2 Å². The van der Waals surface area contributed by atoms with Crippen molar-refractivity contribution in [2.24, 2.45) is 0 Å². The van der Waals surface area contributed by atoms with E-state index in [1.165, 1.54) is 5.56 Å². The Labute approximate surface area is 195 Å². The van der Waals surface area contributed by atoms with Gasteiger partial charge in [0, 0.05) is 13.0 Å². The van der Waals surface area contributed by atoms with E-state index in [2.05, 4.69) is 18.0 Å². The first-order valence-corrected chi connectivity index (χ1v) is 11.5. The van der Waals surface area contributed by atoms with Crippen molar-refractivity contribution in [3.63, 3.8) is 0 Å². The van der Waals surface area contributed by atoms with Crippen LogP contribution in [0.4, 0.5) is 4.79 Å². The maximum atomic E-state index is 13.5. The predicted molar refractivity (Wildman–Crippen MR) is 124 cm³/mol. The number of alkyl carbamates (subject to hydrolysis) is 1. The van der Waals surface area contributed by atoms with E-state index < -0.39 is 36.0 Å². The number of ether oxygens (including phenoxy) is 3. The van der Waals surface area contributed by atoms with Crippen molar-refractivity contribution in [2.75, 3.05) is 19.8 Å². The van der Waals surface area contributed by atoms with Gasteiger partial charge in [-0.2, -0.15) is 0 Å². The Balaban J connectivity index is 1.74. The quantitative estimate of drug-likeness (QED) is 0.634. The smallest absolute Gasteiger partial charge is 0.407 e. The van der Waals surface area contributed by atoms with Gasteiger partial charge in [0.1, 0.15) is 17.8 Å². The maximum absolute atomic E-state index is 13.5. The van der Waals surface area contributed by atoms with Gasteiger partial charge in [0.05, 0.1) is 31.4 Å². The summed E-state index contributed by atoms with van der Waals surface area (Å²) in [4.78, 5) is 27.8. The SMILES string of the molecule is C=C[C@H]1c2ccccc2CCN1C(=O)[C@H]1C[C@H](NC(=O)OC(C)(C)C)[C@@H](O[C@@H](C)CO)CO1. The van der Waals surface area contributed by atoms with Gasteiger partial charge in [-0.3, -0.25) is 4.79 Å². The lowest BCUT2D eigenvalue weighted by Crippen LogP contribution is -2.57. The second-order valence-corrected chi connectivity index (χ2v) is 9.64. The van der Waals surface area contributed by atoms with Gasteiger partial charge in [-0.25, -0.2) is 4.79 Å². The monoisotopic (exact) mass is 460 g/mol. The topological polar surface area (TPSA) is 97.3 Å². The average Bonchev–Trinajstić information content (AvgIpc) is 2.77. The zero-order valence-corrected chi connectivity index (χ0v) is 20.0. The lowest BCUT2D eigenvalue weighted by Gasteiger charge is -2.41. The molecule has 3 rings (SSSR count). The van der Waals surface area contributed by atoms with Crippen molar-refractivity contribution in [3.8, 4) is 0 Å². The first-order valence-electron chi connectivity index (χ1n) is 11.5. The Morgan fingerprint density at radius 2 is 2.09 bits per heavy atom. The number of fused-ring (bicyclic) bond motifs is 1. The number of benzene rings is 1. The lowest BCUT2D eigenvalue weighted by atomic mass is 9.91. The number of carbonyl (C=O) groups is 2. The third kappa shape index (κ3) is 6.34. The summed E-state index contributed by atoms with van der Waals surface area (Å²) < 4.78 is 17.2. The van der Waals surface area contributed by atoms with Crippen LogP contribution in [0.15, 0.2) is 36.9 Å². The highest BCUT2D eigenvalue weighted by Gasteiger charge is 2.41. The summed E-state index contributed by atoms with van der Waals surface area (Å²) in [6, 6.07) is 7.33. The minimum absolute atomic E-state index is 0.115. The van der Waals surface area contributed by atoms with E-state index in [-0.39, 0.29) is 31.6 Å². The molecule has 8 heteroatoms. The van der Waals surface area contributed by atoms with Gasteiger partial charge in [0.25, 0.3) is 5.91 Å². The summed E-state index contributed by atoms with van der Waals surface area (Å²) in [6.45, 7) is 11.6. The van der Waals surface area contributed by atoms with Crippen molar-refractivity contribution >= 4 is 12.0 Å². The normalized spacial score (nSPS) is 26.2. The Kier molecular flexibility index (Phi) is 8.15. The molecule has 2 N–H and O–H groups in total. The molecule has 2 amide bonds. The molecule has 1 aromatic carbocycles. The zero-order chi connectivity index (χ0) is 24.2. The number of aliphatic hydroxyl groups excluding tert-OH is 1. The van der Waals surface area contributed by atoms with Gasteiger partial charge in [0.15, 0.2) is 0 Å². The van der Waals surface area contributed by atoms with Gasteiger partial charge in [0.2, 0.25) is 0 Å². The molecule has 1 fully saturated rings. The van der Waals surface area contributed by atoms with E-state index in [0.29, 0.717) is 6.54 Å². The number of hydrogen-bond donors (Lipinski definition) is 2. The molecule has 2 aliphatic heterocycles. The summed E-state index contributed by atoms with van der Waals surface area (Å²) in [5, 5.41) is 12.2. The van der Waals surface area contributed by atoms with E-state index in [1.807, 2.05) is 18.2 Å². The number of nitrogens with zero attached hydrogens (tertiary/aromatic N) is 1. The van der Waals surface area contributed by atoms with Gasteiger partial charge in [-0.1, -0.05) is 30.3 Å². The summed E-state index contributed by atoms with van der Waals surface area (Å²) in [5.41, 5.74) is 1.63. The third-order valence-corrected chi connectivity index (χ3v) is 5.86. The number of aliphatic hydroxyl groups is 1. The first kappa shape index (κ1) is 25.2. The molecule has 2 heterocycles. The Morgan fingerprint density at radius 3 is 2.76 bits per heavy atom. The van der Waals surface area contributed by atoms with Crippen molar-refractivity contribution in [3.05, 3.63) is 48.0 Å². The molecule has 1 aromatic rings. The third-order valence-electron chi connectivity index (χ3n) is 5.86. The van der Waals surface area contributed by atoms with Crippen molar-refractivity contribution in [1.29, 1.82) is 0 Å². The Morgan fingerprint density at radius 1 is 1.36 bits per heavy atom. The maximum Gasteiger partial charge on any atom is 0.407 e. The molecule has 0 bridgehead atoms. The first-order chi connectivity index (χ1) is 15.6. The van der Waals surface area contributed by atoms with Crippen LogP contribution in [0.1, 0.15) is 51.3 Å². The van der Waals surface area contributed by atoms with Gasteiger partial charge >= 0.3 is 6.09 Å². The van der Waals surface area contributed by atoms with Crippen LogP contribution in [0.5, 0.6) is 0 Å². The Bertz CT molecular complexity index is 852. The molecule has 0 saturated carbocycles. The molecule has 0 aliphatic carbocycles. The number of amides is 2. The highest BCUT2D eigenvalue weighted by atomic mass is 16.6. The highest BCUT2D eigenvalue weighted by Crippen LogP contribution is 2.32. The molecule has 5 atom stereocenters. The van der Waals surface area contributed by atoms with Crippen LogP contribution < -0.4 is 5.32 Å². The van der Waals surface area contributed by atoms with E-state index in [9.17, 15) is 14.7 Å². The molecule has 0 spiro atoms. The Hall–Kier alpha value is -2.42. The molecular formula is C25H36N2O6. The average molecular weight is 461 g/mol. The van der Waals surface area contributed by atoms with E-state index in [0.717, 1.165) is 12.0 Å². The van der Waals surface area contributed by atoms with Crippen molar-refractivity contribution < 1.29 is 28.9 Å². The van der Waals surface area contributed by atoms with E-state index in [4.69, 9.17) is 14.2 Å². The number of carbonyl (C=O) groups excluding carboxylic acids is 2. The van der Waals surface area contributed by atoms with Crippen LogP contribution in [0, 0.1) is 0 Å². The summed E-state index contributed by atoms with van der Waals surface area (Å²) in [5.74, 6) is -0.140. The van der Waals surface area contributed by atoms with Gasteiger partial charge in [-0.05, 0) is 45.2 Å². The van der Waals surface area contributed by atoms with Crippen molar-refractivity contribution in [2.45, 2.75) is 76.5 Å². The molecule has 0 radical (unpaired) electrons. The van der Waals surface area contributed by atoms with Crippen LogP contribution in [0.3, 0.4) is 0 Å². The minimum atomic E-state index is -0.734. The number of rotatable bonds is 6. The standard InChI is InChI=1S/C25H36N2O6/c1-6-20-18-10-8-7-9-17(18)11-12-27(20)23(29)21-13-19(26-24(30)33-25(3,4)5)22(15-31-21)32-16(2)14-28/h6-10,16,19-22,28H,1,11-15H2,2-5H3,(H,26,30)/t16-,19-,20-,21+,22-/m0/s1. The fourth-order valence-corrected chi connectivity index (χ4v) is 4.32. The van der Waals surface area contributed by atoms with Crippen LogP contribution in [0.25, 0.3) is 0 Å². The largest absolute Gasteiger partial charge is 0.444 e. The van der Waals surface area contributed by atoms with Crippen LogP contribution >= 0.6 is 0 Å². The molecule has 182 valence electrons. The fraction of sp³-hybridized carbons (Fsp3) is 0.600. The second kappa shape index (κ2) is 10.7. The summed E-state index contributed by atoms with van der Waals surface area (Å²) in [6.07, 6.45) is 0.521. The molecule has 0 unspecified atom stereocenters. The number of hydrogen-bond acceptors (Lipinski definition) is 6. The number of nitrogens with one attached hydrogen (secondary N) is 1. The molecule has 2 aliphatic rings. The van der Waals surface area contributed by atoms with Gasteiger partial charge < -0.3 is 29.5 Å². The van der Waals surface area contributed by atoms with Crippen LogP contribution in [0.2, 0.25) is 0 Å². The fourth-order valence-electron chi connectivity index (χ4n) is 4.32. The summed E-state index contributed by atoms with van der Waals surface area (Å²) >= 11 is 0. The lowest BCUT2D eigenvalue weighted by molar-refractivity contribution is -0.164. The molecule has 8 nitrogen and oxygen atoms in total. The molecular weight excluding hydrogens is 424 g/mol. The molecule has 33 heavy (non-hydrogen) atoms. The minimum Gasteiger partial charge on any atom is -0.444 e. The molecule has 0 aromatic heterocycles. The van der Waals surface area contributed by atoms with E-state index in [1.54, 1.807) is 38.7 Å². The van der Waals surface area contributed by atoms with Gasteiger partial charge in [-0.15, -0.1) is 6.58 Å². The zero-order valence-electron chi connectivity index (χ0n) is 20.0. The highest BCUT2D eigenvalue weighted by molar-refractivity contribution is 5.82. The summed E-state index contributed by atoms with van der Waals surface area (Å²) in [7, 11) is 0. The van der Waals surface area contributed by atoms with E-state index >= 15 is 0 Å². The van der Waals surface area contributed by atoms with Crippen LogP contribution in [-0.2, 0) is 25.4 Å². The predicted octanol–water partition coefficient (Wildman–Crippen LogP) is 2.75. The van der Waals surface area contributed by atoms with Crippen LogP contribution in [-0.4, -0.2) is 71.7 Å².